The normalized spacial score (nSPS) is 10.9. The fourth-order valence-corrected chi connectivity index (χ4v) is 4.02. The molecule has 0 radical (unpaired) electrons. The van der Waals surface area contributed by atoms with E-state index in [4.69, 9.17) is 14.5 Å². The molecule has 0 saturated heterocycles. The van der Waals surface area contributed by atoms with Gasteiger partial charge in [-0.2, -0.15) is 5.10 Å². The Labute approximate surface area is 206 Å². The number of pyridine rings is 1. The number of aromatic nitrogens is 1. The number of ether oxygens (including phenoxy) is 2. The largest absolute Gasteiger partial charge is 0.493 e. The highest BCUT2D eigenvalue weighted by atomic mass is 79.9. The Bertz CT molecular complexity index is 1370. The molecule has 34 heavy (non-hydrogen) atoms. The third kappa shape index (κ3) is 5.15. The first-order valence-electron chi connectivity index (χ1n) is 10.5. The van der Waals surface area contributed by atoms with Crippen LogP contribution in [0.4, 0.5) is 0 Å². The van der Waals surface area contributed by atoms with Crippen molar-refractivity contribution in [3.05, 3.63) is 101 Å². The van der Waals surface area contributed by atoms with Crippen LogP contribution in [-0.4, -0.2) is 30.8 Å². The molecule has 0 bridgehead atoms. The van der Waals surface area contributed by atoms with E-state index in [1.807, 2.05) is 60.7 Å². The summed E-state index contributed by atoms with van der Waals surface area (Å²) in [7, 11) is 1.56. The number of nitrogens with zero attached hydrogens (tertiary/aromatic N) is 2. The molecule has 0 aliphatic carbocycles. The lowest BCUT2D eigenvalue weighted by atomic mass is 10.0. The van der Waals surface area contributed by atoms with Crippen molar-refractivity contribution in [2.75, 3.05) is 13.7 Å². The van der Waals surface area contributed by atoms with Crippen molar-refractivity contribution in [3.63, 3.8) is 0 Å². The number of fused-ring (bicyclic) bond motifs is 1. The Morgan fingerprint density at radius 3 is 2.65 bits per heavy atom. The van der Waals surface area contributed by atoms with Crippen LogP contribution in [0.15, 0.2) is 95.0 Å². The minimum atomic E-state index is -0.330. The Morgan fingerprint density at radius 1 is 1.12 bits per heavy atom. The van der Waals surface area contributed by atoms with Gasteiger partial charge in [-0.15, -0.1) is 0 Å². The number of rotatable bonds is 8. The molecule has 0 fully saturated rings. The number of hydrogen-bond donors (Lipinski definition) is 1. The Kier molecular flexibility index (Phi) is 7.34. The van der Waals surface area contributed by atoms with Crippen LogP contribution in [0.2, 0.25) is 0 Å². The van der Waals surface area contributed by atoms with Crippen molar-refractivity contribution in [2.45, 2.75) is 0 Å². The van der Waals surface area contributed by atoms with Crippen LogP contribution in [0.1, 0.15) is 15.9 Å². The second-order valence-corrected chi connectivity index (χ2v) is 8.13. The highest BCUT2D eigenvalue weighted by Crippen LogP contribution is 2.36. The molecule has 1 aromatic heterocycles. The topological polar surface area (TPSA) is 72.8 Å². The molecule has 3 aromatic carbocycles. The molecule has 0 saturated carbocycles. The number of benzene rings is 3. The van der Waals surface area contributed by atoms with Gasteiger partial charge in [-0.1, -0.05) is 61.2 Å². The van der Waals surface area contributed by atoms with Gasteiger partial charge in [-0.25, -0.2) is 10.4 Å². The van der Waals surface area contributed by atoms with Gasteiger partial charge in [0.05, 0.1) is 34.6 Å². The third-order valence-corrected chi connectivity index (χ3v) is 5.60. The van der Waals surface area contributed by atoms with Gasteiger partial charge in [0.2, 0.25) is 0 Å². The highest BCUT2D eigenvalue weighted by molar-refractivity contribution is 9.10. The first-order valence-corrected chi connectivity index (χ1v) is 11.3. The number of carbonyl (C=O) groups is 1. The standard InChI is InChI=1S/C27H22BrN3O3/c1-3-13-34-26-22(28)14-18(15-25(26)33-2)17-29-31-27(32)21-16-24(19-9-5-4-6-10-19)30-23-12-8-7-11-20(21)23/h3-12,14-17H,1,13H2,2H3,(H,31,32)/b29-17+. The molecule has 0 spiro atoms. The Hall–Kier alpha value is -3.97. The van der Waals surface area contributed by atoms with Crippen LogP contribution in [0.25, 0.3) is 22.2 Å². The van der Waals surface area contributed by atoms with Crippen LogP contribution in [-0.2, 0) is 0 Å². The van der Waals surface area contributed by atoms with Crippen molar-refractivity contribution >= 4 is 39.0 Å². The van der Waals surface area contributed by atoms with Crippen LogP contribution >= 0.6 is 15.9 Å². The van der Waals surface area contributed by atoms with E-state index in [0.29, 0.717) is 28.1 Å². The summed E-state index contributed by atoms with van der Waals surface area (Å²) in [5, 5.41) is 4.91. The second kappa shape index (κ2) is 10.8. The van der Waals surface area contributed by atoms with Gasteiger partial charge < -0.3 is 9.47 Å². The first kappa shape index (κ1) is 23.2. The van der Waals surface area contributed by atoms with Crippen molar-refractivity contribution in [1.29, 1.82) is 0 Å². The van der Waals surface area contributed by atoms with E-state index in [9.17, 15) is 4.79 Å². The van der Waals surface area contributed by atoms with Gasteiger partial charge in [0.1, 0.15) is 6.61 Å². The van der Waals surface area contributed by atoms with Gasteiger partial charge in [-0.3, -0.25) is 4.79 Å². The molecule has 170 valence electrons. The van der Waals surface area contributed by atoms with Crippen LogP contribution < -0.4 is 14.9 Å². The number of para-hydroxylation sites is 1. The minimum absolute atomic E-state index is 0.330. The zero-order chi connectivity index (χ0) is 23.9. The smallest absolute Gasteiger partial charge is 0.272 e. The Balaban J connectivity index is 1.60. The maximum Gasteiger partial charge on any atom is 0.272 e. The van der Waals surface area contributed by atoms with Crippen LogP contribution in [0, 0.1) is 0 Å². The molecule has 4 rings (SSSR count). The number of methoxy groups -OCH3 is 1. The molecule has 0 atom stereocenters. The van der Waals surface area contributed by atoms with Crippen molar-refractivity contribution in [3.8, 4) is 22.8 Å². The van der Waals surface area contributed by atoms with Gasteiger partial charge in [0.25, 0.3) is 5.91 Å². The maximum atomic E-state index is 13.1. The summed E-state index contributed by atoms with van der Waals surface area (Å²) in [6.45, 7) is 4.01. The monoisotopic (exact) mass is 515 g/mol. The highest BCUT2D eigenvalue weighted by Gasteiger charge is 2.14. The summed E-state index contributed by atoms with van der Waals surface area (Å²) in [6.07, 6.45) is 3.20. The molecule has 7 heteroatoms. The van der Waals surface area contributed by atoms with Gasteiger partial charge >= 0.3 is 0 Å². The van der Waals surface area contributed by atoms with Gasteiger partial charge in [0, 0.05) is 10.9 Å². The number of halogens is 1. The van der Waals surface area contributed by atoms with Crippen molar-refractivity contribution in [1.82, 2.24) is 10.4 Å². The predicted molar refractivity (Wildman–Crippen MR) is 139 cm³/mol. The molecular formula is C27H22BrN3O3. The maximum absolute atomic E-state index is 13.1. The second-order valence-electron chi connectivity index (χ2n) is 7.27. The zero-order valence-corrected chi connectivity index (χ0v) is 20.1. The molecule has 0 aliphatic heterocycles. The van der Waals surface area contributed by atoms with Gasteiger partial charge in [-0.05, 0) is 45.8 Å². The zero-order valence-electron chi connectivity index (χ0n) is 18.5. The van der Waals surface area contributed by atoms with Gasteiger partial charge in [0.15, 0.2) is 11.5 Å². The molecule has 0 aliphatic rings. The summed E-state index contributed by atoms with van der Waals surface area (Å²) in [5.41, 5.74) is 6.23. The summed E-state index contributed by atoms with van der Waals surface area (Å²) < 4.78 is 11.8. The molecule has 6 nitrogen and oxygen atoms in total. The van der Waals surface area contributed by atoms with Crippen molar-refractivity contribution < 1.29 is 14.3 Å². The lowest BCUT2D eigenvalue weighted by Gasteiger charge is -2.12. The fourth-order valence-electron chi connectivity index (χ4n) is 3.44. The fraction of sp³-hybridized carbons (Fsp3) is 0.0741. The van der Waals surface area contributed by atoms with Crippen LogP contribution in [0.3, 0.4) is 0 Å². The number of carbonyl (C=O) groups excluding carboxylic acids is 1. The number of hydrazone groups is 1. The average Bonchev–Trinajstić information content (AvgIpc) is 2.87. The molecule has 4 aromatic rings. The van der Waals surface area contributed by atoms with E-state index < -0.39 is 0 Å². The Morgan fingerprint density at radius 2 is 1.88 bits per heavy atom. The van der Waals surface area contributed by atoms with E-state index >= 15 is 0 Å². The summed E-state index contributed by atoms with van der Waals surface area (Å²) in [5.74, 6) is 0.779. The predicted octanol–water partition coefficient (Wildman–Crippen LogP) is 6.00. The number of hydrogen-bond acceptors (Lipinski definition) is 5. The quantitative estimate of drug-likeness (QED) is 0.177. The minimum Gasteiger partial charge on any atom is -0.493 e. The van der Waals surface area contributed by atoms with E-state index in [1.165, 1.54) is 0 Å². The number of nitrogens with one attached hydrogen (secondary N) is 1. The van der Waals surface area contributed by atoms with E-state index in [-0.39, 0.29) is 5.91 Å². The molecule has 1 amide bonds. The summed E-state index contributed by atoms with van der Waals surface area (Å²) >= 11 is 3.49. The average molecular weight is 516 g/mol. The first-order chi connectivity index (χ1) is 16.6. The lowest BCUT2D eigenvalue weighted by molar-refractivity contribution is 0.0956. The molecule has 1 heterocycles. The molecule has 1 N–H and O–H groups in total. The summed E-state index contributed by atoms with van der Waals surface area (Å²) in [6, 6.07) is 22.7. The van der Waals surface area contributed by atoms with E-state index in [0.717, 1.165) is 27.7 Å². The lowest BCUT2D eigenvalue weighted by Crippen LogP contribution is -2.18. The number of amides is 1. The van der Waals surface area contributed by atoms with Crippen molar-refractivity contribution in [2.24, 2.45) is 5.10 Å². The van der Waals surface area contributed by atoms with E-state index in [2.05, 4.69) is 33.0 Å². The van der Waals surface area contributed by atoms with E-state index in [1.54, 1.807) is 31.5 Å². The SMILES string of the molecule is C=CCOc1c(Br)cc(/C=N/NC(=O)c2cc(-c3ccccc3)nc3ccccc23)cc1OC. The molecule has 0 unspecified atom stereocenters. The third-order valence-electron chi connectivity index (χ3n) is 5.01. The molecular weight excluding hydrogens is 494 g/mol. The summed E-state index contributed by atoms with van der Waals surface area (Å²) in [4.78, 5) is 17.8. The van der Waals surface area contributed by atoms with Crippen LogP contribution in [0.5, 0.6) is 11.5 Å².